The molecular formula is C9H18N4O4Si. The van der Waals surface area contributed by atoms with Gasteiger partial charge in [-0.1, -0.05) is 0 Å². The normalized spacial score (nSPS) is 11.5. The van der Waals surface area contributed by atoms with Crippen LogP contribution in [0.5, 0.6) is 0 Å². The van der Waals surface area contributed by atoms with Crippen LogP contribution in [-0.2, 0) is 13.3 Å². The lowest BCUT2D eigenvalue weighted by Gasteiger charge is -2.24. The minimum absolute atomic E-state index is 0.313. The molecular weight excluding hydrogens is 256 g/mol. The van der Waals surface area contributed by atoms with Gasteiger partial charge in [0.1, 0.15) is 12.7 Å². The van der Waals surface area contributed by atoms with Gasteiger partial charge in [0.2, 0.25) is 0 Å². The molecule has 0 aromatic carbocycles. The van der Waals surface area contributed by atoms with Gasteiger partial charge in [-0.3, -0.25) is 0 Å². The highest BCUT2D eigenvalue weighted by Gasteiger charge is 2.36. The maximum atomic E-state index is 11.5. The van der Waals surface area contributed by atoms with Crippen LogP contribution in [0.2, 0.25) is 6.04 Å². The van der Waals surface area contributed by atoms with Crippen LogP contribution in [0.15, 0.2) is 12.7 Å². The predicted octanol–water partition coefficient (Wildman–Crippen LogP) is 0.104. The van der Waals surface area contributed by atoms with E-state index in [4.69, 9.17) is 13.3 Å². The van der Waals surface area contributed by atoms with Gasteiger partial charge >= 0.3 is 14.8 Å². The molecule has 0 spiro atoms. The van der Waals surface area contributed by atoms with Gasteiger partial charge in [0, 0.05) is 33.9 Å². The molecule has 1 rings (SSSR count). The first-order valence-electron chi connectivity index (χ1n) is 5.45. The molecule has 8 nitrogen and oxygen atoms in total. The molecule has 9 heteroatoms. The molecule has 0 saturated heterocycles. The Bertz CT molecular complexity index is 347. The van der Waals surface area contributed by atoms with Crippen LogP contribution in [0, 0.1) is 0 Å². The smallest absolute Gasteiger partial charge is 0.377 e. The minimum atomic E-state index is -2.54. The number of aromatic nitrogens is 3. The first kappa shape index (κ1) is 14.8. The van der Waals surface area contributed by atoms with Gasteiger partial charge in [-0.05, 0) is 6.42 Å². The molecule has 0 unspecified atom stereocenters. The van der Waals surface area contributed by atoms with E-state index in [1.807, 2.05) is 0 Å². The minimum Gasteiger partial charge on any atom is -0.377 e. The second-order valence-electron chi connectivity index (χ2n) is 3.47. The van der Waals surface area contributed by atoms with Crippen LogP contribution in [-0.4, -0.2) is 57.5 Å². The molecule has 1 aromatic heterocycles. The predicted molar refractivity (Wildman–Crippen MR) is 65.0 cm³/mol. The fourth-order valence-corrected chi connectivity index (χ4v) is 3.17. The van der Waals surface area contributed by atoms with Crippen LogP contribution in [0.3, 0.4) is 0 Å². The molecule has 1 aromatic rings. The second-order valence-corrected chi connectivity index (χ2v) is 6.56. The number of hydrogen-bond acceptors (Lipinski definition) is 6. The Morgan fingerprint density at radius 3 is 2.50 bits per heavy atom. The van der Waals surface area contributed by atoms with Crippen LogP contribution < -0.4 is 5.32 Å². The molecule has 1 heterocycles. The summed E-state index contributed by atoms with van der Waals surface area (Å²) in [5.74, 6) is 0. The van der Waals surface area contributed by atoms with Crippen LogP contribution in [0.1, 0.15) is 6.42 Å². The molecule has 0 aliphatic rings. The van der Waals surface area contributed by atoms with Crippen molar-refractivity contribution < 1.29 is 18.1 Å². The fraction of sp³-hybridized carbons (Fsp3) is 0.667. The molecule has 1 N–H and O–H groups in total. The first-order chi connectivity index (χ1) is 8.67. The van der Waals surface area contributed by atoms with E-state index in [1.165, 1.54) is 12.7 Å². The van der Waals surface area contributed by atoms with E-state index in [0.29, 0.717) is 19.0 Å². The second kappa shape index (κ2) is 7.21. The van der Waals surface area contributed by atoms with E-state index < -0.39 is 8.80 Å². The monoisotopic (exact) mass is 274 g/mol. The van der Waals surface area contributed by atoms with Crippen molar-refractivity contribution in [3.8, 4) is 0 Å². The summed E-state index contributed by atoms with van der Waals surface area (Å²) in [5.41, 5.74) is 0. The molecule has 0 bridgehead atoms. The van der Waals surface area contributed by atoms with E-state index in [0.717, 1.165) is 4.68 Å². The lowest BCUT2D eigenvalue weighted by atomic mass is 10.5. The van der Waals surface area contributed by atoms with Crippen molar-refractivity contribution in [3.63, 3.8) is 0 Å². The van der Waals surface area contributed by atoms with E-state index >= 15 is 0 Å². The number of amides is 1. The average molecular weight is 274 g/mol. The van der Waals surface area contributed by atoms with Crippen molar-refractivity contribution in [3.05, 3.63) is 12.7 Å². The quantitative estimate of drug-likeness (QED) is 0.560. The maximum absolute atomic E-state index is 11.5. The Balaban J connectivity index is 2.28. The lowest BCUT2D eigenvalue weighted by molar-refractivity contribution is 0.123. The number of carbonyl (C=O) groups is 1. The SMILES string of the molecule is CO[Si](CCCNC(=O)n1cncn1)(OC)OC. The summed E-state index contributed by atoms with van der Waals surface area (Å²) in [6.07, 6.45) is 3.34. The molecule has 0 aliphatic heterocycles. The molecule has 0 radical (unpaired) electrons. The van der Waals surface area contributed by atoms with Gasteiger partial charge in [0.05, 0.1) is 0 Å². The van der Waals surface area contributed by atoms with Crippen LogP contribution >= 0.6 is 0 Å². The highest BCUT2D eigenvalue weighted by Crippen LogP contribution is 2.14. The van der Waals surface area contributed by atoms with Gasteiger partial charge in [-0.2, -0.15) is 9.78 Å². The summed E-state index contributed by atoms with van der Waals surface area (Å²) in [5, 5.41) is 6.43. The summed E-state index contributed by atoms with van der Waals surface area (Å²) >= 11 is 0. The molecule has 102 valence electrons. The Morgan fingerprint density at radius 1 is 1.33 bits per heavy atom. The van der Waals surface area contributed by atoms with Gasteiger partial charge in [-0.15, -0.1) is 0 Å². The van der Waals surface area contributed by atoms with Crippen LogP contribution in [0.25, 0.3) is 0 Å². The zero-order valence-corrected chi connectivity index (χ0v) is 11.8. The lowest BCUT2D eigenvalue weighted by Crippen LogP contribution is -2.43. The third kappa shape index (κ3) is 3.87. The van der Waals surface area contributed by atoms with Crippen molar-refractivity contribution in [2.45, 2.75) is 12.5 Å². The topological polar surface area (TPSA) is 87.5 Å². The van der Waals surface area contributed by atoms with E-state index in [-0.39, 0.29) is 6.03 Å². The number of hydrogen-bond donors (Lipinski definition) is 1. The van der Waals surface area contributed by atoms with Gasteiger partial charge in [0.15, 0.2) is 0 Å². The number of carbonyl (C=O) groups excluding carboxylic acids is 1. The van der Waals surface area contributed by atoms with Crippen molar-refractivity contribution in [2.75, 3.05) is 27.9 Å². The third-order valence-corrected chi connectivity index (χ3v) is 5.33. The Morgan fingerprint density at radius 2 is 2.00 bits per heavy atom. The van der Waals surface area contributed by atoms with E-state index in [9.17, 15) is 4.79 Å². The summed E-state index contributed by atoms with van der Waals surface area (Å²) in [6, 6.07) is 0.320. The molecule has 1 amide bonds. The zero-order valence-electron chi connectivity index (χ0n) is 10.8. The Hall–Kier alpha value is -1.29. The highest BCUT2D eigenvalue weighted by atomic mass is 28.4. The molecule has 0 fully saturated rings. The highest BCUT2D eigenvalue weighted by molar-refractivity contribution is 6.60. The summed E-state index contributed by atoms with van der Waals surface area (Å²) in [7, 11) is 2.15. The summed E-state index contributed by atoms with van der Waals surface area (Å²) in [6.45, 7) is 0.490. The van der Waals surface area contributed by atoms with Gasteiger partial charge < -0.3 is 18.6 Å². The van der Waals surface area contributed by atoms with E-state index in [1.54, 1.807) is 21.3 Å². The third-order valence-electron chi connectivity index (χ3n) is 2.50. The van der Waals surface area contributed by atoms with E-state index in [2.05, 4.69) is 15.4 Å². The van der Waals surface area contributed by atoms with Crippen molar-refractivity contribution in [1.29, 1.82) is 0 Å². The molecule has 0 saturated carbocycles. The fourth-order valence-electron chi connectivity index (χ4n) is 1.45. The van der Waals surface area contributed by atoms with Crippen LogP contribution in [0.4, 0.5) is 4.79 Å². The summed E-state index contributed by atoms with van der Waals surface area (Å²) in [4.78, 5) is 15.2. The maximum Gasteiger partial charge on any atom is 0.500 e. The standard InChI is InChI=1S/C9H18N4O4Si/c1-15-18(16-2,17-3)6-4-5-11-9(14)13-8-10-7-12-13/h7-8H,4-6H2,1-3H3,(H,11,14). The first-order valence-corrected chi connectivity index (χ1v) is 7.39. The Kier molecular flexibility index (Phi) is 5.91. The van der Waals surface area contributed by atoms with Crippen molar-refractivity contribution in [1.82, 2.24) is 20.1 Å². The number of nitrogens with one attached hydrogen (secondary N) is 1. The largest absolute Gasteiger partial charge is 0.500 e. The molecule has 18 heavy (non-hydrogen) atoms. The van der Waals surface area contributed by atoms with Crippen molar-refractivity contribution >= 4 is 14.8 Å². The molecule has 0 aliphatic carbocycles. The molecule has 0 atom stereocenters. The van der Waals surface area contributed by atoms with Crippen molar-refractivity contribution in [2.24, 2.45) is 0 Å². The number of rotatable bonds is 7. The zero-order chi connectivity index (χ0) is 13.4. The van der Waals surface area contributed by atoms with Gasteiger partial charge in [-0.25, -0.2) is 9.78 Å². The average Bonchev–Trinajstić information content (AvgIpc) is 2.94. The number of nitrogens with zero attached hydrogens (tertiary/aromatic N) is 3. The Labute approximate surface area is 107 Å². The van der Waals surface area contributed by atoms with Gasteiger partial charge in [0.25, 0.3) is 0 Å². The summed E-state index contributed by atoms with van der Waals surface area (Å²) < 4.78 is 16.9.